The molecule has 0 unspecified atom stereocenters. The molecule has 4 nitrogen and oxygen atoms in total. The molecule has 0 spiro atoms. The first-order valence-electron chi connectivity index (χ1n) is 5.29. The minimum absolute atomic E-state index is 0.0579. The molecule has 0 amide bonds. The van der Waals surface area contributed by atoms with Gasteiger partial charge in [0.05, 0.1) is 5.69 Å². The molecule has 1 heterocycles. The van der Waals surface area contributed by atoms with Crippen molar-refractivity contribution in [2.24, 2.45) is 5.73 Å². The Labute approximate surface area is 100 Å². The summed E-state index contributed by atoms with van der Waals surface area (Å²) < 4.78 is 5.35. The molecule has 1 aromatic carbocycles. The molecule has 1 aromatic rings. The molecule has 1 saturated heterocycles. The zero-order valence-corrected chi connectivity index (χ0v) is 9.80. The van der Waals surface area contributed by atoms with Gasteiger partial charge in [0.1, 0.15) is 0 Å². The third-order valence-corrected chi connectivity index (χ3v) is 2.62. The monoisotopic (exact) mass is 237 g/mol. The Morgan fingerprint density at radius 1 is 1.31 bits per heavy atom. The highest BCUT2D eigenvalue weighted by atomic mass is 32.1. The van der Waals surface area contributed by atoms with Crippen LogP contribution in [-0.2, 0) is 0 Å². The lowest BCUT2D eigenvalue weighted by Gasteiger charge is -2.30. The number of nitrogens with two attached hydrogens (primary N) is 1. The van der Waals surface area contributed by atoms with Crippen molar-refractivity contribution in [3.63, 3.8) is 0 Å². The Kier molecular flexibility index (Phi) is 3.58. The smallest absolute Gasteiger partial charge is 0.259 e. The predicted molar refractivity (Wildman–Crippen MR) is 68.9 cm³/mol. The van der Waals surface area contributed by atoms with Gasteiger partial charge in [0, 0.05) is 26.2 Å². The van der Waals surface area contributed by atoms with E-state index in [1.165, 1.54) is 0 Å². The standard InChI is InChI=1S/C11H15N3OS/c12-11(16)15-10-4-2-1-3-9(10)14-7-5-13-6-8-14/h1-4,13H,5-8H2,(H2,12,16). The first-order valence-corrected chi connectivity index (χ1v) is 5.70. The lowest BCUT2D eigenvalue weighted by Crippen LogP contribution is -2.43. The summed E-state index contributed by atoms with van der Waals surface area (Å²) in [6.07, 6.45) is 0. The average molecular weight is 237 g/mol. The fourth-order valence-corrected chi connectivity index (χ4v) is 1.91. The molecule has 86 valence electrons. The van der Waals surface area contributed by atoms with Gasteiger partial charge in [0.25, 0.3) is 5.17 Å². The van der Waals surface area contributed by atoms with Crippen LogP contribution in [0.3, 0.4) is 0 Å². The van der Waals surface area contributed by atoms with Crippen LogP contribution in [0, 0.1) is 0 Å². The molecule has 3 N–H and O–H groups in total. The van der Waals surface area contributed by atoms with Crippen LogP contribution in [0.15, 0.2) is 24.3 Å². The number of anilines is 1. The van der Waals surface area contributed by atoms with E-state index in [0.717, 1.165) is 37.6 Å². The van der Waals surface area contributed by atoms with E-state index >= 15 is 0 Å². The highest BCUT2D eigenvalue weighted by Gasteiger charge is 2.14. The summed E-state index contributed by atoms with van der Waals surface area (Å²) >= 11 is 4.76. The Hall–Kier alpha value is -1.33. The quantitative estimate of drug-likeness (QED) is 0.742. The predicted octanol–water partition coefficient (Wildman–Crippen LogP) is 0.719. The molecule has 0 bridgehead atoms. The summed E-state index contributed by atoms with van der Waals surface area (Å²) in [5.41, 5.74) is 6.45. The van der Waals surface area contributed by atoms with Gasteiger partial charge >= 0.3 is 0 Å². The normalized spacial score (nSPS) is 15.9. The molecular weight excluding hydrogens is 222 g/mol. The first-order chi connectivity index (χ1) is 7.77. The van der Waals surface area contributed by atoms with E-state index in [4.69, 9.17) is 22.7 Å². The van der Waals surface area contributed by atoms with Crippen molar-refractivity contribution in [3.05, 3.63) is 24.3 Å². The topological polar surface area (TPSA) is 50.5 Å². The molecule has 1 aliphatic heterocycles. The molecular formula is C11H15N3OS. The van der Waals surface area contributed by atoms with E-state index in [1.807, 2.05) is 24.3 Å². The van der Waals surface area contributed by atoms with Gasteiger partial charge in [0.2, 0.25) is 0 Å². The average Bonchev–Trinajstić information content (AvgIpc) is 2.30. The van der Waals surface area contributed by atoms with Crippen molar-refractivity contribution in [2.45, 2.75) is 0 Å². The number of hydrogen-bond donors (Lipinski definition) is 2. The zero-order chi connectivity index (χ0) is 11.4. The summed E-state index contributed by atoms with van der Waals surface area (Å²) in [6.45, 7) is 3.91. The molecule has 2 rings (SSSR count). The fraction of sp³-hybridized carbons (Fsp3) is 0.364. The third-order valence-electron chi connectivity index (χ3n) is 2.53. The zero-order valence-electron chi connectivity index (χ0n) is 8.98. The van der Waals surface area contributed by atoms with E-state index in [-0.39, 0.29) is 5.17 Å². The highest BCUT2D eigenvalue weighted by Crippen LogP contribution is 2.28. The van der Waals surface area contributed by atoms with Gasteiger partial charge in [-0.15, -0.1) is 0 Å². The van der Waals surface area contributed by atoms with Crippen molar-refractivity contribution in [1.29, 1.82) is 0 Å². The van der Waals surface area contributed by atoms with Crippen molar-refractivity contribution in [2.75, 3.05) is 31.1 Å². The maximum Gasteiger partial charge on any atom is 0.259 e. The Morgan fingerprint density at radius 2 is 2.00 bits per heavy atom. The van der Waals surface area contributed by atoms with Crippen LogP contribution in [0.4, 0.5) is 5.69 Å². The Morgan fingerprint density at radius 3 is 2.69 bits per heavy atom. The minimum atomic E-state index is 0.0579. The van der Waals surface area contributed by atoms with Crippen LogP contribution >= 0.6 is 12.2 Å². The molecule has 1 aliphatic rings. The summed E-state index contributed by atoms with van der Waals surface area (Å²) in [4.78, 5) is 2.27. The van der Waals surface area contributed by atoms with Gasteiger partial charge in [-0.3, -0.25) is 0 Å². The second-order valence-corrected chi connectivity index (χ2v) is 4.03. The molecule has 5 heteroatoms. The third kappa shape index (κ3) is 2.62. The Balaban J connectivity index is 2.20. The largest absolute Gasteiger partial charge is 0.430 e. The number of para-hydroxylation sites is 2. The molecule has 0 atom stereocenters. The van der Waals surface area contributed by atoms with E-state index in [0.29, 0.717) is 0 Å². The van der Waals surface area contributed by atoms with E-state index in [9.17, 15) is 0 Å². The van der Waals surface area contributed by atoms with Gasteiger partial charge < -0.3 is 20.7 Å². The molecule has 0 saturated carbocycles. The van der Waals surface area contributed by atoms with Crippen molar-refractivity contribution in [1.82, 2.24) is 5.32 Å². The van der Waals surface area contributed by atoms with Crippen LogP contribution < -0.4 is 20.7 Å². The van der Waals surface area contributed by atoms with Gasteiger partial charge in [-0.2, -0.15) is 0 Å². The van der Waals surface area contributed by atoms with Crippen molar-refractivity contribution in [3.8, 4) is 5.75 Å². The number of hydrogen-bond acceptors (Lipinski definition) is 4. The first kappa shape index (κ1) is 11.2. The Bertz CT molecular complexity index is 377. The molecule has 16 heavy (non-hydrogen) atoms. The summed E-state index contributed by atoms with van der Waals surface area (Å²) in [6, 6.07) is 7.82. The van der Waals surface area contributed by atoms with E-state index < -0.39 is 0 Å². The lowest BCUT2D eigenvalue weighted by molar-refractivity contribution is 0.541. The second kappa shape index (κ2) is 5.14. The van der Waals surface area contributed by atoms with Crippen LogP contribution in [0.25, 0.3) is 0 Å². The number of rotatable bonds is 2. The number of nitrogens with zero attached hydrogens (tertiary/aromatic N) is 1. The SMILES string of the molecule is NC(=S)Oc1ccccc1N1CCNCC1. The number of piperazine rings is 1. The van der Waals surface area contributed by atoms with Crippen LogP contribution in [0.2, 0.25) is 0 Å². The number of thiocarbonyl (C=S) groups is 1. The van der Waals surface area contributed by atoms with Crippen LogP contribution in [0.1, 0.15) is 0 Å². The van der Waals surface area contributed by atoms with Crippen LogP contribution in [-0.4, -0.2) is 31.4 Å². The maximum atomic E-state index is 5.40. The van der Waals surface area contributed by atoms with Gasteiger partial charge in [-0.1, -0.05) is 12.1 Å². The van der Waals surface area contributed by atoms with Crippen molar-refractivity contribution < 1.29 is 4.74 Å². The van der Waals surface area contributed by atoms with E-state index in [1.54, 1.807) is 0 Å². The lowest BCUT2D eigenvalue weighted by atomic mass is 10.2. The second-order valence-electron chi connectivity index (χ2n) is 3.63. The van der Waals surface area contributed by atoms with Crippen molar-refractivity contribution >= 4 is 23.1 Å². The summed E-state index contributed by atoms with van der Waals surface area (Å²) in [7, 11) is 0. The van der Waals surface area contributed by atoms with Crippen LogP contribution in [0.5, 0.6) is 5.75 Å². The number of benzene rings is 1. The number of nitrogens with one attached hydrogen (secondary N) is 1. The molecule has 1 fully saturated rings. The van der Waals surface area contributed by atoms with Gasteiger partial charge in [0.15, 0.2) is 5.75 Å². The number of ether oxygens (including phenoxy) is 1. The van der Waals surface area contributed by atoms with Gasteiger partial charge in [-0.05, 0) is 24.4 Å². The summed E-state index contributed by atoms with van der Waals surface area (Å²) in [5, 5.41) is 3.37. The molecule has 0 aromatic heterocycles. The highest BCUT2D eigenvalue weighted by molar-refractivity contribution is 7.80. The van der Waals surface area contributed by atoms with Gasteiger partial charge in [-0.25, -0.2) is 0 Å². The fourth-order valence-electron chi connectivity index (χ4n) is 1.82. The minimum Gasteiger partial charge on any atom is -0.430 e. The van der Waals surface area contributed by atoms with E-state index in [2.05, 4.69) is 10.2 Å². The molecule has 0 aliphatic carbocycles. The molecule has 0 radical (unpaired) electrons. The maximum absolute atomic E-state index is 5.40. The summed E-state index contributed by atoms with van der Waals surface area (Å²) in [5.74, 6) is 0.733.